The molecule has 4 nitrogen and oxygen atoms in total. The van der Waals surface area contributed by atoms with Crippen molar-refractivity contribution in [1.82, 2.24) is 0 Å². The van der Waals surface area contributed by atoms with Crippen LogP contribution < -0.4 is 10.6 Å². The van der Waals surface area contributed by atoms with Crippen molar-refractivity contribution in [3.8, 4) is 0 Å². The Labute approximate surface area is 125 Å². The quantitative estimate of drug-likeness (QED) is 0.776. The molecule has 0 saturated heterocycles. The van der Waals surface area contributed by atoms with Crippen molar-refractivity contribution in [2.75, 3.05) is 22.1 Å². The predicted molar refractivity (Wildman–Crippen MR) is 84.7 cm³/mol. The van der Waals surface area contributed by atoms with E-state index in [0.717, 1.165) is 16.0 Å². The van der Waals surface area contributed by atoms with Gasteiger partial charge in [0.15, 0.2) is 0 Å². The second kappa shape index (κ2) is 8.22. The molecule has 0 unspecified atom stereocenters. The minimum Gasteiger partial charge on any atom is -0.325 e. The van der Waals surface area contributed by atoms with Gasteiger partial charge in [-0.3, -0.25) is 9.59 Å². The first kappa shape index (κ1) is 16.0. The Morgan fingerprint density at radius 1 is 1.26 bits per heavy atom. The Hall–Kier alpha value is -1.01. The number of halogens is 1. The number of carbonyl (C=O) groups excluding carboxylic acids is 2. The van der Waals surface area contributed by atoms with Crippen molar-refractivity contribution in [3.05, 3.63) is 22.7 Å². The number of anilines is 2. The summed E-state index contributed by atoms with van der Waals surface area (Å²) in [5, 5.41) is 5.51. The highest BCUT2D eigenvalue weighted by atomic mass is 79.9. The van der Waals surface area contributed by atoms with Gasteiger partial charge in [-0.15, -0.1) is 0 Å². The van der Waals surface area contributed by atoms with E-state index >= 15 is 0 Å². The SMILES string of the molecule is CCSCCC(=O)Nc1cc(Br)ccc1NC(C)=O. The molecule has 0 aliphatic heterocycles. The van der Waals surface area contributed by atoms with Crippen LogP contribution in [-0.2, 0) is 9.59 Å². The molecule has 2 amide bonds. The molecule has 2 N–H and O–H groups in total. The van der Waals surface area contributed by atoms with Gasteiger partial charge in [0.25, 0.3) is 0 Å². The Kier molecular flexibility index (Phi) is 6.94. The van der Waals surface area contributed by atoms with Gasteiger partial charge >= 0.3 is 0 Å². The molecule has 0 heterocycles. The van der Waals surface area contributed by atoms with Gasteiger partial charge in [0, 0.05) is 23.6 Å². The van der Waals surface area contributed by atoms with E-state index in [1.807, 2.05) is 6.07 Å². The number of hydrogen-bond donors (Lipinski definition) is 2. The van der Waals surface area contributed by atoms with Crippen molar-refractivity contribution >= 4 is 50.9 Å². The highest BCUT2D eigenvalue weighted by Gasteiger charge is 2.08. The normalized spacial score (nSPS) is 10.1. The van der Waals surface area contributed by atoms with Crippen molar-refractivity contribution in [1.29, 1.82) is 0 Å². The predicted octanol–water partition coefficient (Wildman–Crippen LogP) is 3.49. The zero-order valence-electron chi connectivity index (χ0n) is 11.0. The lowest BCUT2D eigenvalue weighted by atomic mass is 10.2. The van der Waals surface area contributed by atoms with Crippen LogP contribution in [0.2, 0.25) is 0 Å². The van der Waals surface area contributed by atoms with E-state index in [1.54, 1.807) is 23.9 Å². The molecule has 1 aromatic carbocycles. The summed E-state index contributed by atoms with van der Waals surface area (Å²) in [6.45, 7) is 3.50. The molecule has 0 atom stereocenters. The van der Waals surface area contributed by atoms with E-state index in [1.165, 1.54) is 6.92 Å². The van der Waals surface area contributed by atoms with E-state index in [0.29, 0.717) is 17.8 Å². The summed E-state index contributed by atoms with van der Waals surface area (Å²) in [4.78, 5) is 22.9. The molecule has 19 heavy (non-hydrogen) atoms. The Balaban J connectivity index is 2.72. The highest BCUT2D eigenvalue weighted by molar-refractivity contribution is 9.10. The molecule has 0 fully saturated rings. The fourth-order valence-corrected chi connectivity index (χ4v) is 2.42. The fraction of sp³-hybridized carbons (Fsp3) is 0.385. The molecule has 104 valence electrons. The number of thioether (sulfide) groups is 1. The average molecular weight is 345 g/mol. The molecule has 0 aromatic heterocycles. The van der Waals surface area contributed by atoms with Crippen LogP contribution in [-0.4, -0.2) is 23.3 Å². The van der Waals surface area contributed by atoms with Crippen LogP contribution in [0.4, 0.5) is 11.4 Å². The van der Waals surface area contributed by atoms with Crippen LogP contribution in [0.1, 0.15) is 20.3 Å². The maximum absolute atomic E-state index is 11.8. The van der Waals surface area contributed by atoms with Gasteiger partial charge in [0.05, 0.1) is 11.4 Å². The van der Waals surface area contributed by atoms with Crippen LogP contribution in [0.5, 0.6) is 0 Å². The van der Waals surface area contributed by atoms with Gasteiger partial charge in [0.1, 0.15) is 0 Å². The minimum absolute atomic E-state index is 0.0503. The van der Waals surface area contributed by atoms with E-state index < -0.39 is 0 Å². The zero-order chi connectivity index (χ0) is 14.3. The highest BCUT2D eigenvalue weighted by Crippen LogP contribution is 2.26. The number of carbonyl (C=O) groups is 2. The summed E-state index contributed by atoms with van der Waals surface area (Å²) in [7, 11) is 0. The Morgan fingerprint density at radius 3 is 2.63 bits per heavy atom. The van der Waals surface area contributed by atoms with E-state index in [-0.39, 0.29) is 11.8 Å². The third-order valence-corrected chi connectivity index (χ3v) is 3.64. The molecular weight excluding hydrogens is 328 g/mol. The molecule has 6 heteroatoms. The average Bonchev–Trinajstić information content (AvgIpc) is 2.32. The standard InChI is InChI=1S/C13H17BrN2O2S/c1-3-19-7-6-13(18)16-12-8-10(14)4-5-11(12)15-9(2)17/h4-5,8H,3,6-7H2,1-2H3,(H,15,17)(H,16,18). The van der Waals surface area contributed by atoms with Crippen molar-refractivity contribution in [2.24, 2.45) is 0 Å². The number of hydrogen-bond acceptors (Lipinski definition) is 3. The maximum Gasteiger partial charge on any atom is 0.225 e. The summed E-state index contributed by atoms with van der Waals surface area (Å²) < 4.78 is 0.847. The van der Waals surface area contributed by atoms with Gasteiger partial charge in [-0.1, -0.05) is 22.9 Å². The van der Waals surface area contributed by atoms with Crippen LogP contribution in [0.3, 0.4) is 0 Å². The summed E-state index contributed by atoms with van der Waals surface area (Å²) in [6.07, 6.45) is 0.463. The largest absolute Gasteiger partial charge is 0.325 e. The van der Waals surface area contributed by atoms with Gasteiger partial charge in [-0.25, -0.2) is 0 Å². The second-order valence-corrected chi connectivity index (χ2v) is 6.18. The molecule has 0 spiro atoms. The summed E-state index contributed by atoms with van der Waals surface area (Å²) >= 11 is 5.07. The van der Waals surface area contributed by atoms with Crippen molar-refractivity contribution in [2.45, 2.75) is 20.3 Å². The van der Waals surface area contributed by atoms with Crippen molar-refractivity contribution < 1.29 is 9.59 Å². The van der Waals surface area contributed by atoms with Gasteiger partial charge in [0.2, 0.25) is 11.8 Å². The second-order valence-electron chi connectivity index (χ2n) is 3.87. The molecule has 1 rings (SSSR count). The summed E-state index contributed by atoms with van der Waals surface area (Å²) in [5.74, 6) is 1.58. The van der Waals surface area contributed by atoms with Gasteiger partial charge in [-0.2, -0.15) is 11.8 Å². The monoisotopic (exact) mass is 344 g/mol. The topological polar surface area (TPSA) is 58.2 Å². The van der Waals surface area contributed by atoms with E-state index in [2.05, 4.69) is 33.5 Å². The van der Waals surface area contributed by atoms with Crippen LogP contribution in [0.25, 0.3) is 0 Å². The smallest absolute Gasteiger partial charge is 0.225 e. The Morgan fingerprint density at radius 2 is 2.00 bits per heavy atom. The maximum atomic E-state index is 11.8. The summed E-state index contributed by atoms with van der Waals surface area (Å²) in [5.41, 5.74) is 1.21. The lowest BCUT2D eigenvalue weighted by Gasteiger charge is -2.12. The summed E-state index contributed by atoms with van der Waals surface area (Å²) in [6, 6.07) is 5.34. The lowest BCUT2D eigenvalue weighted by molar-refractivity contribution is -0.116. The van der Waals surface area contributed by atoms with E-state index in [9.17, 15) is 9.59 Å². The number of benzene rings is 1. The minimum atomic E-state index is -0.167. The number of nitrogens with one attached hydrogen (secondary N) is 2. The molecule has 0 saturated carbocycles. The lowest BCUT2D eigenvalue weighted by Crippen LogP contribution is -2.15. The van der Waals surface area contributed by atoms with Gasteiger partial charge < -0.3 is 10.6 Å². The molecule has 0 aliphatic carbocycles. The van der Waals surface area contributed by atoms with Crippen LogP contribution >= 0.6 is 27.7 Å². The third kappa shape index (κ3) is 6.11. The fourth-order valence-electron chi connectivity index (χ4n) is 1.44. The van der Waals surface area contributed by atoms with Crippen LogP contribution in [0, 0.1) is 0 Å². The molecular formula is C13H17BrN2O2S. The van der Waals surface area contributed by atoms with Crippen molar-refractivity contribution in [3.63, 3.8) is 0 Å². The molecule has 1 aromatic rings. The molecule has 0 bridgehead atoms. The number of rotatable bonds is 6. The first-order valence-corrected chi connectivity index (χ1v) is 7.92. The zero-order valence-corrected chi connectivity index (χ0v) is 13.4. The first-order valence-electron chi connectivity index (χ1n) is 5.97. The van der Waals surface area contributed by atoms with Crippen LogP contribution in [0.15, 0.2) is 22.7 Å². The molecule has 0 radical (unpaired) electrons. The first-order chi connectivity index (χ1) is 9.02. The van der Waals surface area contributed by atoms with Gasteiger partial charge in [-0.05, 0) is 24.0 Å². The number of amides is 2. The Bertz CT molecular complexity index is 466. The van der Waals surface area contributed by atoms with E-state index in [4.69, 9.17) is 0 Å². The third-order valence-electron chi connectivity index (χ3n) is 2.24. The molecule has 0 aliphatic rings.